The number of aliphatic hydroxyl groups is 1. The van der Waals surface area contributed by atoms with Crippen molar-refractivity contribution in [2.45, 2.75) is 26.0 Å². The molecule has 0 fully saturated rings. The van der Waals surface area contributed by atoms with E-state index in [1.807, 2.05) is 36.4 Å². The average molecular weight is 468 g/mol. The fraction of sp³-hybridized carbons (Fsp3) is 0.350. The van der Waals surface area contributed by atoms with Gasteiger partial charge in [0.15, 0.2) is 11.0 Å². The lowest BCUT2D eigenvalue weighted by Crippen LogP contribution is -3.00. The molecule has 1 unspecified atom stereocenters. The number of aliphatic hydroxyl groups excluding tert-OH is 1. The van der Waals surface area contributed by atoms with Crippen molar-refractivity contribution in [1.29, 1.82) is 0 Å². The summed E-state index contributed by atoms with van der Waals surface area (Å²) in [6.45, 7) is 2.87. The highest BCUT2D eigenvalue weighted by Gasteiger charge is 2.23. The Hall–Kier alpha value is -1.80. The first-order chi connectivity index (χ1) is 12.1. The highest BCUT2D eigenvalue weighted by atomic mass is 127. The Kier molecular flexibility index (Phi) is 7.28. The molecule has 3 aromatic rings. The number of hydrogen-bond donors (Lipinski definition) is 1. The van der Waals surface area contributed by atoms with E-state index in [2.05, 4.69) is 35.2 Å². The predicted molar refractivity (Wildman–Crippen MR) is 97.0 cm³/mol. The number of rotatable bonds is 7. The van der Waals surface area contributed by atoms with Crippen molar-refractivity contribution in [3.63, 3.8) is 0 Å². The summed E-state index contributed by atoms with van der Waals surface area (Å²) < 4.78 is 15.2. The molecule has 5 nitrogen and oxygen atoms in total. The van der Waals surface area contributed by atoms with Crippen molar-refractivity contribution in [2.24, 2.45) is 7.05 Å². The average Bonchev–Trinajstić information content (AvgIpc) is 2.92. The molecule has 0 saturated carbocycles. The Morgan fingerprint density at radius 3 is 2.38 bits per heavy atom. The Balaban J connectivity index is 0.00000243. The first kappa shape index (κ1) is 20.5. The molecule has 0 aliphatic heterocycles. The van der Waals surface area contributed by atoms with Crippen LogP contribution in [0.3, 0.4) is 0 Å². The number of hydrogen-bond acceptors (Lipinski definition) is 3. The fourth-order valence-corrected chi connectivity index (χ4v) is 3.19. The first-order valence-corrected chi connectivity index (χ1v) is 8.55. The molecule has 0 amide bonds. The van der Waals surface area contributed by atoms with Crippen LogP contribution in [0, 0.1) is 0 Å². The molecule has 0 aliphatic carbocycles. The Morgan fingerprint density at radius 1 is 1.08 bits per heavy atom. The molecule has 2 aromatic carbocycles. The highest BCUT2D eigenvalue weighted by molar-refractivity contribution is 5.72. The Morgan fingerprint density at radius 2 is 1.73 bits per heavy atom. The van der Waals surface area contributed by atoms with E-state index in [9.17, 15) is 5.11 Å². The summed E-state index contributed by atoms with van der Waals surface area (Å²) in [7, 11) is 3.70. The summed E-state index contributed by atoms with van der Waals surface area (Å²) in [6, 6.07) is 15.6. The molecule has 1 N–H and O–H groups in total. The summed E-state index contributed by atoms with van der Waals surface area (Å²) in [6.07, 6.45) is 0.306. The zero-order valence-electron chi connectivity index (χ0n) is 15.4. The Bertz CT molecular complexity index is 846. The molecular weight excluding hydrogens is 443 g/mol. The summed E-state index contributed by atoms with van der Waals surface area (Å²) in [4.78, 5) is 0. The summed E-state index contributed by atoms with van der Waals surface area (Å²) in [5.74, 6) is 2.69. The minimum atomic E-state index is -0.594. The second-order valence-electron chi connectivity index (χ2n) is 6.07. The molecule has 0 saturated heterocycles. The molecule has 0 radical (unpaired) electrons. The van der Waals surface area contributed by atoms with Crippen LogP contribution in [-0.4, -0.2) is 29.5 Å². The van der Waals surface area contributed by atoms with Crippen LogP contribution >= 0.6 is 0 Å². The fourth-order valence-electron chi connectivity index (χ4n) is 3.19. The largest absolute Gasteiger partial charge is 1.00 e. The predicted octanol–water partition coefficient (Wildman–Crippen LogP) is -0.519. The lowest BCUT2D eigenvalue weighted by atomic mass is 10.3. The topological polar surface area (TPSA) is 47.5 Å². The van der Waals surface area contributed by atoms with Crippen molar-refractivity contribution in [1.82, 2.24) is 4.57 Å². The summed E-state index contributed by atoms with van der Waals surface area (Å²) in [5.41, 5.74) is 2.30. The number of nitrogens with zero attached hydrogens (tertiary/aromatic N) is 2. The van der Waals surface area contributed by atoms with Gasteiger partial charge in [-0.25, -0.2) is 9.13 Å². The van der Waals surface area contributed by atoms with Crippen LogP contribution in [0.2, 0.25) is 0 Å². The third-order valence-corrected chi connectivity index (χ3v) is 4.44. The molecule has 6 heteroatoms. The molecule has 26 heavy (non-hydrogen) atoms. The van der Waals surface area contributed by atoms with Crippen molar-refractivity contribution >= 4 is 11.0 Å². The molecule has 0 spiro atoms. The van der Waals surface area contributed by atoms with Gasteiger partial charge in [-0.15, -0.1) is 0 Å². The van der Waals surface area contributed by atoms with Gasteiger partial charge in [-0.3, -0.25) is 0 Å². The van der Waals surface area contributed by atoms with Gasteiger partial charge in [-0.2, -0.15) is 0 Å². The van der Waals surface area contributed by atoms with Gasteiger partial charge in [0.1, 0.15) is 30.8 Å². The zero-order valence-corrected chi connectivity index (χ0v) is 17.5. The third-order valence-electron chi connectivity index (χ3n) is 4.44. The second kappa shape index (κ2) is 9.23. The highest BCUT2D eigenvalue weighted by Crippen LogP contribution is 2.18. The summed E-state index contributed by atoms with van der Waals surface area (Å²) in [5, 5.41) is 10.5. The van der Waals surface area contributed by atoms with Gasteiger partial charge >= 0.3 is 0 Å². The second-order valence-corrected chi connectivity index (χ2v) is 6.07. The normalized spacial score (nSPS) is 11.8. The maximum Gasteiger partial charge on any atom is 0.256 e. The van der Waals surface area contributed by atoms with E-state index < -0.39 is 6.10 Å². The molecule has 0 bridgehead atoms. The smallest absolute Gasteiger partial charge is 0.256 e. The van der Waals surface area contributed by atoms with Gasteiger partial charge in [-0.1, -0.05) is 19.1 Å². The minimum absolute atomic E-state index is 0. The monoisotopic (exact) mass is 468 g/mol. The van der Waals surface area contributed by atoms with E-state index in [0.29, 0.717) is 6.54 Å². The van der Waals surface area contributed by atoms with Crippen molar-refractivity contribution < 1.29 is 43.1 Å². The van der Waals surface area contributed by atoms with Crippen LogP contribution < -0.4 is 38.0 Å². The quantitative estimate of drug-likeness (QED) is 0.375. The maximum atomic E-state index is 10.5. The molecule has 1 heterocycles. The van der Waals surface area contributed by atoms with Crippen LogP contribution in [-0.2, 0) is 20.0 Å². The number of methoxy groups -OCH3 is 1. The molecular formula is C20H25IN2O3. The number of para-hydroxylation sites is 2. The van der Waals surface area contributed by atoms with Gasteiger partial charge in [-0.05, 0) is 36.4 Å². The summed E-state index contributed by atoms with van der Waals surface area (Å²) >= 11 is 0. The number of ether oxygens (including phenoxy) is 2. The van der Waals surface area contributed by atoms with Crippen molar-refractivity contribution in [2.75, 3.05) is 13.7 Å². The number of fused-ring (bicyclic) bond motifs is 1. The number of halogens is 1. The number of imidazole rings is 1. The standard InChI is InChI=1S/C20H25N2O3.HI/c1-4-20-21(2)18-7-5-6-8-19(18)22(20)13-15(23)14-25-17-11-9-16(24-3)10-12-17;/h5-12,15,23H,4,13-14H2,1-3H3;1H/q+1;/p-1. The number of benzene rings is 2. The van der Waals surface area contributed by atoms with Crippen LogP contribution in [0.25, 0.3) is 11.0 Å². The Labute approximate surface area is 171 Å². The minimum Gasteiger partial charge on any atom is -1.00 e. The van der Waals surface area contributed by atoms with Gasteiger partial charge in [0, 0.05) is 6.42 Å². The van der Waals surface area contributed by atoms with Crippen LogP contribution in [0.5, 0.6) is 11.5 Å². The van der Waals surface area contributed by atoms with Crippen molar-refractivity contribution in [3.05, 3.63) is 54.4 Å². The SMILES string of the molecule is CCc1n(CC(O)COc2ccc(OC)cc2)c2ccccc2[n+]1C.[I-]. The van der Waals surface area contributed by atoms with E-state index in [-0.39, 0.29) is 30.6 Å². The van der Waals surface area contributed by atoms with E-state index in [1.54, 1.807) is 7.11 Å². The van der Waals surface area contributed by atoms with Gasteiger partial charge in [0.25, 0.3) is 5.82 Å². The van der Waals surface area contributed by atoms with Gasteiger partial charge in [0.05, 0.1) is 14.2 Å². The zero-order chi connectivity index (χ0) is 17.8. The van der Waals surface area contributed by atoms with Crippen LogP contribution in [0.1, 0.15) is 12.7 Å². The molecule has 1 atom stereocenters. The van der Waals surface area contributed by atoms with E-state index in [1.165, 1.54) is 11.3 Å². The first-order valence-electron chi connectivity index (χ1n) is 8.55. The van der Waals surface area contributed by atoms with Gasteiger partial charge < -0.3 is 38.6 Å². The third kappa shape index (κ3) is 4.29. The maximum absolute atomic E-state index is 10.5. The van der Waals surface area contributed by atoms with Gasteiger partial charge in [0.2, 0.25) is 0 Å². The number of aromatic nitrogens is 2. The van der Waals surface area contributed by atoms with E-state index in [4.69, 9.17) is 9.47 Å². The number of aryl methyl sites for hydroxylation is 1. The van der Waals surface area contributed by atoms with E-state index >= 15 is 0 Å². The molecule has 0 aliphatic rings. The van der Waals surface area contributed by atoms with Crippen molar-refractivity contribution in [3.8, 4) is 11.5 Å². The molecule has 3 rings (SSSR count). The molecule has 1 aromatic heterocycles. The lowest BCUT2D eigenvalue weighted by molar-refractivity contribution is -0.653. The van der Waals surface area contributed by atoms with Crippen LogP contribution in [0.4, 0.5) is 0 Å². The van der Waals surface area contributed by atoms with E-state index in [0.717, 1.165) is 23.4 Å². The molecule has 140 valence electrons. The lowest BCUT2D eigenvalue weighted by Gasteiger charge is -2.12. The van der Waals surface area contributed by atoms with Crippen LogP contribution in [0.15, 0.2) is 48.5 Å².